The summed E-state index contributed by atoms with van der Waals surface area (Å²) in [6.45, 7) is 5.04. The van der Waals surface area contributed by atoms with Gasteiger partial charge >= 0.3 is 0 Å². The zero-order chi connectivity index (χ0) is 19.3. The molecule has 0 saturated carbocycles. The van der Waals surface area contributed by atoms with Crippen molar-refractivity contribution < 1.29 is 18.9 Å². The maximum atomic E-state index is 6.39. The van der Waals surface area contributed by atoms with Crippen LogP contribution in [0, 0.1) is 0 Å². The summed E-state index contributed by atoms with van der Waals surface area (Å²) >= 11 is 0. The summed E-state index contributed by atoms with van der Waals surface area (Å²) in [7, 11) is 3.32. The van der Waals surface area contributed by atoms with E-state index in [1.165, 1.54) is 5.56 Å². The first-order valence-electron chi connectivity index (χ1n) is 9.78. The van der Waals surface area contributed by atoms with Gasteiger partial charge in [-0.1, -0.05) is 18.2 Å². The second kappa shape index (κ2) is 8.82. The van der Waals surface area contributed by atoms with Crippen LogP contribution in [0.15, 0.2) is 42.5 Å². The zero-order valence-corrected chi connectivity index (χ0v) is 16.5. The molecule has 6 heteroatoms. The van der Waals surface area contributed by atoms with Gasteiger partial charge in [-0.25, -0.2) is 0 Å². The Morgan fingerprint density at radius 3 is 2.46 bits per heavy atom. The molecule has 0 amide bonds. The Morgan fingerprint density at radius 1 is 1.04 bits per heavy atom. The van der Waals surface area contributed by atoms with E-state index in [0.29, 0.717) is 13.2 Å². The third kappa shape index (κ3) is 4.09. The fourth-order valence-electron chi connectivity index (χ4n) is 4.00. The van der Waals surface area contributed by atoms with E-state index in [1.807, 2.05) is 30.3 Å². The number of methoxy groups -OCH3 is 2. The van der Waals surface area contributed by atoms with Gasteiger partial charge in [0.05, 0.1) is 26.9 Å². The Morgan fingerprint density at radius 2 is 1.75 bits per heavy atom. The second-order valence-corrected chi connectivity index (χ2v) is 7.15. The van der Waals surface area contributed by atoms with E-state index in [4.69, 9.17) is 18.9 Å². The highest BCUT2D eigenvalue weighted by Crippen LogP contribution is 2.38. The van der Waals surface area contributed by atoms with E-state index < -0.39 is 0 Å². The summed E-state index contributed by atoms with van der Waals surface area (Å²) in [5.74, 6) is 2.50. The normalized spacial score (nSPS) is 22.2. The number of hydrogen-bond acceptors (Lipinski definition) is 6. The maximum Gasteiger partial charge on any atom is 0.124 e. The van der Waals surface area contributed by atoms with Crippen molar-refractivity contribution in [1.29, 1.82) is 0 Å². The number of hydrogen-bond donors (Lipinski definition) is 1. The lowest BCUT2D eigenvalue weighted by Crippen LogP contribution is -2.51. The molecule has 1 saturated heterocycles. The van der Waals surface area contributed by atoms with E-state index >= 15 is 0 Å². The molecule has 2 atom stereocenters. The van der Waals surface area contributed by atoms with Gasteiger partial charge in [-0.05, 0) is 23.8 Å². The number of para-hydroxylation sites is 1. The van der Waals surface area contributed by atoms with Crippen LogP contribution < -0.4 is 19.5 Å². The van der Waals surface area contributed by atoms with Crippen LogP contribution in [0.25, 0.3) is 0 Å². The number of ether oxygens (including phenoxy) is 4. The first-order chi connectivity index (χ1) is 13.8. The van der Waals surface area contributed by atoms with E-state index in [1.54, 1.807) is 14.2 Å². The summed E-state index contributed by atoms with van der Waals surface area (Å²) in [4.78, 5) is 2.51. The van der Waals surface area contributed by atoms with Crippen molar-refractivity contribution in [3.05, 3.63) is 53.6 Å². The van der Waals surface area contributed by atoms with Gasteiger partial charge in [0, 0.05) is 37.8 Å². The summed E-state index contributed by atoms with van der Waals surface area (Å²) in [5, 5.41) is 3.43. The average Bonchev–Trinajstić information content (AvgIpc) is 2.77. The number of piperazine rings is 1. The number of benzene rings is 2. The molecular formula is C22H28N2O4. The Hall–Kier alpha value is -2.28. The van der Waals surface area contributed by atoms with Crippen LogP contribution in [0.1, 0.15) is 17.2 Å². The van der Waals surface area contributed by atoms with Crippen molar-refractivity contribution in [3.8, 4) is 17.2 Å². The molecule has 1 N–H and O–H groups in total. The third-order valence-corrected chi connectivity index (χ3v) is 5.41. The minimum absolute atomic E-state index is 0.0369. The van der Waals surface area contributed by atoms with Crippen molar-refractivity contribution >= 4 is 0 Å². The standard InChI is InChI=1S/C22H28N2O4/c1-25-17-11-16(12-18(13-17)26-2)14-27-21-15-28-20-6-4-3-5-19(20)22(21)24-9-7-23-8-10-24/h3-6,11-13,21-23H,7-10,14-15H2,1-2H3/t21-,22-/m0/s1. The Labute approximate surface area is 166 Å². The smallest absolute Gasteiger partial charge is 0.124 e. The van der Waals surface area contributed by atoms with E-state index in [2.05, 4.69) is 22.3 Å². The zero-order valence-electron chi connectivity index (χ0n) is 16.5. The molecule has 1 fully saturated rings. The number of rotatable bonds is 6. The van der Waals surface area contributed by atoms with Crippen LogP contribution >= 0.6 is 0 Å². The van der Waals surface area contributed by atoms with Crippen molar-refractivity contribution in [3.63, 3.8) is 0 Å². The molecule has 28 heavy (non-hydrogen) atoms. The molecule has 2 aromatic carbocycles. The van der Waals surface area contributed by atoms with Crippen LogP contribution in [0.5, 0.6) is 17.2 Å². The number of fused-ring (bicyclic) bond motifs is 1. The van der Waals surface area contributed by atoms with Crippen molar-refractivity contribution in [2.75, 3.05) is 47.0 Å². The first-order valence-corrected chi connectivity index (χ1v) is 9.78. The molecule has 0 spiro atoms. The molecule has 150 valence electrons. The predicted molar refractivity (Wildman–Crippen MR) is 107 cm³/mol. The minimum atomic E-state index is -0.0369. The van der Waals surface area contributed by atoms with Crippen molar-refractivity contribution in [2.45, 2.75) is 18.8 Å². The summed E-state index contributed by atoms with van der Waals surface area (Å²) in [5.41, 5.74) is 2.23. The SMILES string of the molecule is COc1cc(CO[C@H]2COc3ccccc3[C@@H]2N2CCNCC2)cc(OC)c1. The molecule has 2 heterocycles. The van der Waals surface area contributed by atoms with Gasteiger partial charge in [0.1, 0.15) is 30.0 Å². The van der Waals surface area contributed by atoms with Gasteiger partial charge in [-0.15, -0.1) is 0 Å². The Balaban J connectivity index is 1.54. The van der Waals surface area contributed by atoms with E-state index in [-0.39, 0.29) is 12.1 Å². The van der Waals surface area contributed by atoms with Crippen LogP contribution in [0.3, 0.4) is 0 Å². The highest BCUT2D eigenvalue weighted by molar-refractivity contribution is 5.39. The van der Waals surface area contributed by atoms with Gasteiger partial charge in [0.2, 0.25) is 0 Å². The van der Waals surface area contributed by atoms with Crippen LogP contribution in [0.2, 0.25) is 0 Å². The molecule has 6 nitrogen and oxygen atoms in total. The second-order valence-electron chi connectivity index (χ2n) is 7.15. The van der Waals surface area contributed by atoms with Crippen molar-refractivity contribution in [2.24, 2.45) is 0 Å². The lowest BCUT2D eigenvalue weighted by Gasteiger charge is -2.42. The Bertz CT molecular complexity index is 770. The molecule has 0 aliphatic carbocycles. The molecule has 4 rings (SSSR count). The lowest BCUT2D eigenvalue weighted by atomic mass is 9.95. The summed E-state index contributed by atoms with van der Waals surface area (Å²) < 4.78 is 23.2. The van der Waals surface area contributed by atoms with E-state index in [9.17, 15) is 0 Å². The highest BCUT2D eigenvalue weighted by Gasteiger charge is 2.36. The molecule has 0 aromatic heterocycles. The fraction of sp³-hybridized carbons (Fsp3) is 0.455. The Kier molecular flexibility index (Phi) is 6.00. The lowest BCUT2D eigenvalue weighted by molar-refractivity contribution is -0.0617. The minimum Gasteiger partial charge on any atom is -0.497 e. The van der Waals surface area contributed by atoms with Gasteiger partial charge in [-0.2, -0.15) is 0 Å². The monoisotopic (exact) mass is 384 g/mol. The molecule has 2 aromatic rings. The van der Waals surface area contributed by atoms with E-state index in [0.717, 1.165) is 49.0 Å². The molecule has 2 aliphatic rings. The van der Waals surface area contributed by atoms with Crippen molar-refractivity contribution in [1.82, 2.24) is 10.2 Å². The summed E-state index contributed by atoms with van der Waals surface area (Å²) in [6, 6.07) is 14.3. The number of nitrogens with one attached hydrogen (secondary N) is 1. The molecule has 0 bridgehead atoms. The molecule has 2 aliphatic heterocycles. The van der Waals surface area contributed by atoms with Gasteiger partial charge < -0.3 is 24.3 Å². The molecular weight excluding hydrogens is 356 g/mol. The molecule has 0 unspecified atom stereocenters. The highest BCUT2D eigenvalue weighted by atomic mass is 16.5. The summed E-state index contributed by atoms with van der Waals surface area (Å²) in [6.07, 6.45) is -0.0369. The van der Waals surface area contributed by atoms with Gasteiger partial charge in [0.25, 0.3) is 0 Å². The quantitative estimate of drug-likeness (QED) is 0.826. The van der Waals surface area contributed by atoms with Crippen LogP contribution in [-0.2, 0) is 11.3 Å². The number of nitrogens with zero attached hydrogens (tertiary/aromatic N) is 1. The predicted octanol–water partition coefficient (Wildman–Crippen LogP) is 2.63. The topological polar surface area (TPSA) is 52.2 Å². The van der Waals surface area contributed by atoms with Gasteiger partial charge in [-0.3, -0.25) is 4.90 Å². The van der Waals surface area contributed by atoms with Crippen LogP contribution in [0.4, 0.5) is 0 Å². The largest absolute Gasteiger partial charge is 0.497 e. The fourth-order valence-corrected chi connectivity index (χ4v) is 4.00. The maximum absolute atomic E-state index is 6.39. The average molecular weight is 384 g/mol. The third-order valence-electron chi connectivity index (χ3n) is 5.41. The molecule has 0 radical (unpaired) electrons. The van der Waals surface area contributed by atoms with Crippen LogP contribution in [-0.4, -0.2) is 58.0 Å². The van der Waals surface area contributed by atoms with Gasteiger partial charge in [0.15, 0.2) is 0 Å². The first kappa shape index (κ1) is 19.1.